The number of hydrogen-bond donors (Lipinski definition) is 1. The fourth-order valence-corrected chi connectivity index (χ4v) is 3.99. The molecule has 0 aliphatic carbocycles. The number of carbonyl (C=O) groups is 1. The highest BCUT2D eigenvalue weighted by molar-refractivity contribution is 7.98. The molecule has 0 atom stereocenters. The van der Waals surface area contributed by atoms with Gasteiger partial charge in [0.15, 0.2) is 0 Å². The van der Waals surface area contributed by atoms with E-state index >= 15 is 0 Å². The van der Waals surface area contributed by atoms with Gasteiger partial charge < -0.3 is 5.32 Å². The molecule has 0 radical (unpaired) electrons. The summed E-state index contributed by atoms with van der Waals surface area (Å²) in [4.78, 5) is 13.2. The summed E-state index contributed by atoms with van der Waals surface area (Å²) < 4.78 is 25.3. The molecule has 0 unspecified atom stereocenters. The number of thioether (sulfide) groups is 1. The van der Waals surface area contributed by atoms with E-state index in [2.05, 4.69) is 5.32 Å². The van der Waals surface area contributed by atoms with Crippen LogP contribution in [0.5, 0.6) is 0 Å². The number of amides is 1. The van der Waals surface area contributed by atoms with Crippen LogP contribution in [0.3, 0.4) is 0 Å². The highest BCUT2D eigenvalue weighted by atomic mass is 35.5. The first-order valence-corrected chi connectivity index (χ1v) is 11.4. The van der Waals surface area contributed by atoms with Crippen molar-refractivity contribution < 1.29 is 13.2 Å². The first-order chi connectivity index (χ1) is 12.2. The molecule has 0 fully saturated rings. The van der Waals surface area contributed by atoms with Crippen molar-refractivity contribution in [3.8, 4) is 0 Å². The van der Waals surface area contributed by atoms with E-state index in [1.807, 2.05) is 12.3 Å². The summed E-state index contributed by atoms with van der Waals surface area (Å²) in [5.74, 6) is -0.434. The van der Waals surface area contributed by atoms with Crippen LogP contribution in [0, 0.1) is 0 Å². The van der Waals surface area contributed by atoms with Gasteiger partial charge in [0.05, 0.1) is 11.9 Å². The molecule has 9 heteroatoms. The highest BCUT2D eigenvalue weighted by Gasteiger charge is 2.21. The normalized spacial score (nSPS) is 11.2. The van der Waals surface area contributed by atoms with Gasteiger partial charge in [0.1, 0.15) is 6.54 Å². The van der Waals surface area contributed by atoms with Crippen molar-refractivity contribution >= 4 is 56.6 Å². The molecule has 5 nitrogen and oxygen atoms in total. The van der Waals surface area contributed by atoms with Crippen molar-refractivity contribution in [2.24, 2.45) is 0 Å². The lowest BCUT2D eigenvalue weighted by molar-refractivity contribution is -0.119. The van der Waals surface area contributed by atoms with E-state index < -0.39 is 15.9 Å². The molecule has 0 aliphatic heterocycles. The minimum atomic E-state index is -3.62. The number of sulfonamides is 1. The van der Waals surface area contributed by atoms with Crippen LogP contribution >= 0.6 is 35.0 Å². The van der Waals surface area contributed by atoms with Crippen LogP contribution in [-0.4, -0.2) is 33.4 Å². The molecule has 0 bridgehead atoms. The Balaban J connectivity index is 2.11. The number of anilines is 1. The second kappa shape index (κ2) is 8.99. The van der Waals surface area contributed by atoms with Crippen molar-refractivity contribution in [3.05, 3.63) is 58.1 Å². The number of hydrogen-bond acceptors (Lipinski definition) is 4. The number of halogens is 2. The van der Waals surface area contributed by atoms with E-state index in [9.17, 15) is 13.2 Å². The van der Waals surface area contributed by atoms with Crippen LogP contribution in [0.25, 0.3) is 0 Å². The van der Waals surface area contributed by atoms with Crippen LogP contribution < -0.4 is 9.62 Å². The molecule has 1 amide bonds. The number of benzene rings is 2. The maximum atomic E-state index is 12.3. The molecule has 0 heterocycles. The quantitative estimate of drug-likeness (QED) is 0.675. The molecular formula is C17H18Cl2N2O3S2. The zero-order valence-corrected chi connectivity index (χ0v) is 17.3. The Morgan fingerprint density at radius 2 is 1.92 bits per heavy atom. The summed E-state index contributed by atoms with van der Waals surface area (Å²) in [7, 11) is -3.62. The van der Waals surface area contributed by atoms with Crippen LogP contribution in [-0.2, 0) is 21.4 Å². The van der Waals surface area contributed by atoms with E-state index in [1.165, 1.54) is 11.8 Å². The van der Waals surface area contributed by atoms with Crippen LogP contribution in [0.2, 0.25) is 10.0 Å². The van der Waals surface area contributed by atoms with Gasteiger partial charge in [-0.3, -0.25) is 9.10 Å². The zero-order chi connectivity index (χ0) is 19.3. The van der Waals surface area contributed by atoms with Gasteiger partial charge in [0.2, 0.25) is 15.9 Å². The van der Waals surface area contributed by atoms with Gasteiger partial charge in [0, 0.05) is 21.5 Å². The Morgan fingerprint density at radius 1 is 1.19 bits per heavy atom. The van der Waals surface area contributed by atoms with E-state index in [1.54, 1.807) is 36.4 Å². The Kier molecular flexibility index (Phi) is 7.23. The largest absolute Gasteiger partial charge is 0.350 e. The van der Waals surface area contributed by atoms with Gasteiger partial charge in [-0.05, 0) is 42.2 Å². The molecule has 0 spiro atoms. The third-order valence-electron chi connectivity index (χ3n) is 3.52. The average molecular weight is 433 g/mol. The molecule has 2 aromatic rings. The third kappa shape index (κ3) is 5.81. The van der Waals surface area contributed by atoms with Crippen molar-refractivity contribution in [1.29, 1.82) is 0 Å². The van der Waals surface area contributed by atoms with Gasteiger partial charge in [-0.25, -0.2) is 8.42 Å². The molecular weight excluding hydrogens is 415 g/mol. The van der Waals surface area contributed by atoms with E-state index in [-0.39, 0.29) is 13.1 Å². The van der Waals surface area contributed by atoms with Crippen LogP contribution in [0.15, 0.2) is 47.4 Å². The maximum Gasteiger partial charge on any atom is 0.241 e. The Hall–Kier alpha value is -1.41. The zero-order valence-electron chi connectivity index (χ0n) is 14.2. The standard InChI is InChI=1S/C17H18Cl2N2O3S2/c1-25-15-5-3-4-14(9-15)21(26(2,23)24)11-17(22)20-10-12-6-7-13(18)8-16(12)19/h3-9H,10-11H2,1-2H3,(H,20,22). The molecule has 0 saturated carbocycles. The molecule has 0 aromatic heterocycles. The number of rotatable bonds is 7. The summed E-state index contributed by atoms with van der Waals surface area (Å²) in [6, 6.07) is 12.0. The topological polar surface area (TPSA) is 66.5 Å². The maximum absolute atomic E-state index is 12.3. The van der Waals surface area contributed by atoms with E-state index in [0.29, 0.717) is 21.3 Å². The molecule has 1 N–H and O–H groups in total. The van der Waals surface area contributed by atoms with Crippen LogP contribution in [0.1, 0.15) is 5.56 Å². The van der Waals surface area contributed by atoms with Crippen molar-refractivity contribution in [3.63, 3.8) is 0 Å². The predicted octanol–water partition coefficient (Wildman–Crippen LogP) is 3.80. The molecule has 2 aromatic carbocycles. The summed E-state index contributed by atoms with van der Waals surface area (Å²) in [5.41, 5.74) is 1.14. The lowest BCUT2D eigenvalue weighted by Crippen LogP contribution is -2.40. The monoisotopic (exact) mass is 432 g/mol. The first kappa shape index (κ1) is 20.9. The Labute approximate surface area is 167 Å². The second-order valence-electron chi connectivity index (χ2n) is 5.48. The number of nitrogens with zero attached hydrogens (tertiary/aromatic N) is 1. The van der Waals surface area contributed by atoms with Crippen molar-refractivity contribution in [1.82, 2.24) is 5.32 Å². The Bertz CT molecular complexity index is 905. The molecule has 2 rings (SSSR count). The average Bonchev–Trinajstić information content (AvgIpc) is 2.58. The summed E-state index contributed by atoms with van der Waals surface area (Å²) in [6.45, 7) is -0.140. The molecule has 26 heavy (non-hydrogen) atoms. The smallest absolute Gasteiger partial charge is 0.241 e. The molecule has 0 saturated heterocycles. The molecule has 140 valence electrons. The highest BCUT2D eigenvalue weighted by Crippen LogP contribution is 2.24. The van der Waals surface area contributed by atoms with Gasteiger partial charge in [-0.15, -0.1) is 11.8 Å². The van der Waals surface area contributed by atoms with E-state index in [0.717, 1.165) is 15.5 Å². The van der Waals surface area contributed by atoms with Crippen LogP contribution in [0.4, 0.5) is 5.69 Å². The van der Waals surface area contributed by atoms with Gasteiger partial charge >= 0.3 is 0 Å². The van der Waals surface area contributed by atoms with Gasteiger partial charge in [0.25, 0.3) is 0 Å². The minimum absolute atomic E-state index is 0.178. The third-order valence-corrected chi connectivity index (χ3v) is 5.97. The SMILES string of the molecule is CSc1cccc(N(CC(=O)NCc2ccc(Cl)cc2Cl)S(C)(=O)=O)c1. The second-order valence-corrected chi connectivity index (χ2v) is 9.11. The predicted molar refractivity (Wildman–Crippen MR) is 109 cm³/mol. The van der Waals surface area contributed by atoms with Crippen molar-refractivity contribution in [2.45, 2.75) is 11.4 Å². The minimum Gasteiger partial charge on any atom is -0.350 e. The summed E-state index contributed by atoms with van der Waals surface area (Å²) >= 11 is 13.4. The lowest BCUT2D eigenvalue weighted by atomic mass is 10.2. The van der Waals surface area contributed by atoms with Gasteiger partial charge in [-0.1, -0.05) is 35.3 Å². The van der Waals surface area contributed by atoms with E-state index in [4.69, 9.17) is 23.2 Å². The van der Waals surface area contributed by atoms with Crippen molar-refractivity contribution in [2.75, 3.05) is 23.4 Å². The fourth-order valence-electron chi connectivity index (χ4n) is 2.21. The lowest BCUT2D eigenvalue weighted by Gasteiger charge is -2.22. The fraction of sp³-hybridized carbons (Fsp3) is 0.235. The number of carbonyl (C=O) groups excluding carboxylic acids is 1. The number of nitrogens with one attached hydrogen (secondary N) is 1. The summed E-state index contributed by atoms with van der Waals surface area (Å²) in [6.07, 6.45) is 2.97. The molecule has 0 aliphatic rings. The van der Waals surface area contributed by atoms with Gasteiger partial charge in [-0.2, -0.15) is 0 Å². The summed E-state index contributed by atoms with van der Waals surface area (Å²) in [5, 5.41) is 3.62. The first-order valence-electron chi connectivity index (χ1n) is 7.53. The Morgan fingerprint density at radius 3 is 2.54 bits per heavy atom.